The van der Waals surface area contributed by atoms with E-state index in [2.05, 4.69) is 10.3 Å². The van der Waals surface area contributed by atoms with E-state index in [-0.39, 0.29) is 5.91 Å². The molecule has 0 aromatic carbocycles. The van der Waals surface area contributed by atoms with Gasteiger partial charge in [0, 0.05) is 12.6 Å². The van der Waals surface area contributed by atoms with Gasteiger partial charge in [0.2, 0.25) is 5.91 Å². The van der Waals surface area contributed by atoms with Crippen LogP contribution in [0.15, 0.2) is 6.07 Å². The van der Waals surface area contributed by atoms with Crippen molar-refractivity contribution in [2.45, 2.75) is 39.5 Å². The first-order valence-corrected chi connectivity index (χ1v) is 6.59. The number of pyridine rings is 1. The first kappa shape index (κ1) is 13.5. The molecule has 0 saturated carbocycles. The first-order valence-electron chi connectivity index (χ1n) is 6.59. The summed E-state index contributed by atoms with van der Waals surface area (Å²) in [4.78, 5) is 27.6. The van der Waals surface area contributed by atoms with Crippen molar-refractivity contribution in [3.05, 3.63) is 22.9 Å². The van der Waals surface area contributed by atoms with E-state index in [0.29, 0.717) is 18.0 Å². The van der Waals surface area contributed by atoms with E-state index in [0.717, 1.165) is 36.9 Å². The van der Waals surface area contributed by atoms with Crippen LogP contribution in [0.5, 0.6) is 0 Å². The van der Waals surface area contributed by atoms with Crippen LogP contribution in [0.4, 0.5) is 5.82 Å². The van der Waals surface area contributed by atoms with Crippen molar-refractivity contribution in [1.82, 2.24) is 4.98 Å². The summed E-state index contributed by atoms with van der Waals surface area (Å²) in [5.74, 6) is -0.368. The molecule has 1 N–H and O–H groups in total. The second-order valence-corrected chi connectivity index (χ2v) is 4.60. The Balaban J connectivity index is 2.42. The van der Waals surface area contributed by atoms with Crippen LogP contribution >= 0.6 is 0 Å². The molecule has 1 aliphatic carbocycles. The molecule has 0 atom stereocenters. The zero-order valence-corrected chi connectivity index (χ0v) is 11.3. The highest BCUT2D eigenvalue weighted by Crippen LogP contribution is 2.25. The van der Waals surface area contributed by atoms with Crippen molar-refractivity contribution in [2.75, 3.05) is 11.9 Å². The molecule has 1 amide bonds. The van der Waals surface area contributed by atoms with Gasteiger partial charge in [-0.25, -0.2) is 9.78 Å². The molecule has 5 nitrogen and oxygen atoms in total. The number of fused-ring (bicyclic) bond motifs is 1. The smallest absolute Gasteiger partial charge is 0.341 e. The summed E-state index contributed by atoms with van der Waals surface area (Å²) in [6, 6.07) is 1.81. The molecule has 1 aromatic heterocycles. The Hall–Kier alpha value is -1.91. The van der Waals surface area contributed by atoms with Crippen LogP contribution in [0.25, 0.3) is 0 Å². The van der Waals surface area contributed by atoms with Gasteiger partial charge in [-0.15, -0.1) is 0 Å². The fraction of sp³-hybridized carbons (Fsp3) is 0.500. The van der Waals surface area contributed by atoms with E-state index in [4.69, 9.17) is 4.74 Å². The van der Waals surface area contributed by atoms with Gasteiger partial charge in [-0.3, -0.25) is 4.79 Å². The van der Waals surface area contributed by atoms with Gasteiger partial charge in [0.05, 0.1) is 6.61 Å². The predicted octanol–water partition coefficient (Wildman–Crippen LogP) is 2.10. The Morgan fingerprint density at radius 2 is 2.11 bits per heavy atom. The van der Waals surface area contributed by atoms with Crippen LogP contribution in [-0.4, -0.2) is 23.5 Å². The van der Waals surface area contributed by atoms with Gasteiger partial charge in [-0.2, -0.15) is 0 Å². The van der Waals surface area contributed by atoms with Crippen molar-refractivity contribution in [3.8, 4) is 0 Å². The summed E-state index contributed by atoms with van der Waals surface area (Å²) >= 11 is 0. The van der Waals surface area contributed by atoms with Crippen molar-refractivity contribution < 1.29 is 14.3 Å². The van der Waals surface area contributed by atoms with Crippen LogP contribution in [0.3, 0.4) is 0 Å². The van der Waals surface area contributed by atoms with Gasteiger partial charge in [-0.05, 0) is 44.2 Å². The fourth-order valence-electron chi connectivity index (χ4n) is 2.26. The lowest BCUT2D eigenvalue weighted by atomic mass is 9.94. The lowest BCUT2D eigenvalue weighted by Gasteiger charge is -2.18. The molecule has 0 fully saturated rings. The third-order valence-electron chi connectivity index (χ3n) is 3.09. The average molecular weight is 262 g/mol. The molecular weight excluding hydrogens is 244 g/mol. The normalized spacial score (nSPS) is 13.6. The van der Waals surface area contributed by atoms with Crippen molar-refractivity contribution in [3.63, 3.8) is 0 Å². The Morgan fingerprint density at radius 1 is 1.37 bits per heavy atom. The van der Waals surface area contributed by atoms with Crippen LogP contribution in [0.2, 0.25) is 0 Å². The van der Waals surface area contributed by atoms with Crippen molar-refractivity contribution in [1.29, 1.82) is 0 Å². The van der Waals surface area contributed by atoms with E-state index < -0.39 is 5.97 Å². The third-order valence-corrected chi connectivity index (χ3v) is 3.09. The predicted molar refractivity (Wildman–Crippen MR) is 71.1 cm³/mol. The summed E-state index contributed by atoms with van der Waals surface area (Å²) in [6.07, 6.45) is 4.02. The van der Waals surface area contributed by atoms with Crippen molar-refractivity contribution >= 4 is 17.7 Å². The molecule has 5 heteroatoms. The number of carbonyl (C=O) groups is 2. The van der Waals surface area contributed by atoms with Gasteiger partial charge in [-0.1, -0.05) is 0 Å². The number of nitrogens with one attached hydrogen (secondary N) is 1. The van der Waals surface area contributed by atoms with E-state index in [1.54, 1.807) is 6.92 Å². The molecule has 0 unspecified atom stereocenters. The van der Waals surface area contributed by atoms with Crippen LogP contribution in [0, 0.1) is 0 Å². The maximum atomic E-state index is 11.9. The molecule has 0 saturated heterocycles. The van der Waals surface area contributed by atoms with Crippen LogP contribution in [-0.2, 0) is 22.4 Å². The van der Waals surface area contributed by atoms with Gasteiger partial charge in [0.15, 0.2) is 0 Å². The number of ether oxygens (including phenoxy) is 1. The Labute approximate surface area is 112 Å². The van der Waals surface area contributed by atoms with E-state index in [1.807, 2.05) is 6.07 Å². The minimum atomic E-state index is -0.438. The number of hydrogen-bond donors (Lipinski definition) is 1. The van der Waals surface area contributed by atoms with Gasteiger partial charge < -0.3 is 10.1 Å². The van der Waals surface area contributed by atoms with E-state index in [9.17, 15) is 9.59 Å². The monoisotopic (exact) mass is 262 g/mol. The molecule has 102 valence electrons. The minimum Gasteiger partial charge on any atom is -0.462 e. The Kier molecular flexibility index (Phi) is 4.14. The fourth-order valence-corrected chi connectivity index (χ4v) is 2.26. The highest BCUT2D eigenvalue weighted by Gasteiger charge is 2.20. The molecule has 0 spiro atoms. The summed E-state index contributed by atoms with van der Waals surface area (Å²) in [5, 5.41) is 2.61. The third kappa shape index (κ3) is 3.10. The lowest BCUT2D eigenvalue weighted by Crippen LogP contribution is -2.18. The topological polar surface area (TPSA) is 68.3 Å². The molecule has 0 radical (unpaired) electrons. The zero-order chi connectivity index (χ0) is 13.8. The van der Waals surface area contributed by atoms with Crippen LogP contribution < -0.4 is 5.32 Å². The molecule has 1 aromatic rings. The Bertz CT molecular complexity index is 512. The number of nitrogens with zero attached hydrogens (tertiary/aromatic N) is 1. The maximum absolute atomic E-state index is 11.9. The number of rotatable bonds is 3. The molecule has 1 aliphatic rings. The number of anilines is 1. The highest BCUT2D eigenvalue weighted by molar-refractivity contribution is 5.99. The number of hydrogen-bond acceptors (Lipinski definition) is 4. The van der Waals surface area contributed by atoms with Gasteiger partial charge in [0.1, 0.15) is 11.4 Å². The van der Waals surface area contributed by atoms with E-state index >= 15 is 0 Å². The molecule has 1 heterocycles. The maximum Gasteiger partial charge on any atom is 0.341 e. The minimum absolute atomic E-state index is 0.242. The molecule has 2 rings (SSSR count). The number of amides is 1. The number of esters is 1. The summed E-state index contributed by atoms with van der Waals surface area (Å²) in [6.45, 7) is 3.45. The molecule has 0 aliphatic heterocycles. The van der Waals surface area contributed by atoms with Gasteiger partial charge >= 0.3 is 5.97 Å². The largest absolute Gasteiger partial charge is 0.462 e. The molecular formula is C14H18N2O3. The number of carbonyl (C=O) groups excluding carboxylic acids is 2. The second kappa shape index (κ2) is 5.82. The second-order valence-electron chi connectivity index (χ2n) is 4.60. The Morgan fingerprint density at radius 3 is 2.79 bits per heavy atom. The zero-order valence-electron chi connectivity index (χ0n) is 11.3. The van der Waals surface area contributed by atoms with Gasteiger partial charge in [0.25, 0.3) is 0 Å². The first-order chi connectivity index (χ1) is 9.11. The summed E-state index contributed by atoms with van der Waals surface area (Å²) in [5.41, 5.74) is 2.41. The van der Waals surface area contributed by atoms with E-state index in [1.165, 1.54) is 6.92 Å². The quantitative estimate of drug-likeness (QED) is 0.847. The summed E-state index contributed by atoms with van der Waals surface area (Å²) in [7, 11) is 0. The highest BCUT2D eigenvalue weighted by atomic mass is 16.5. The molecule has 19 heavy (non-hydrogen) atoms. The number of aryl methyl sites for hydroxylation is 2. The summed E-state index contributed by atoms with van der Waals surface area (Å²) < 4.78 is 5.01. The SMILES string of the molecule is CCOC(=O)c1cc2c(nc1NC(C)=O)CCCC2. The standard InChI is InChI=1S/C14H18N2O3/c1-3-19-14(18)11-8-10-6-4-5-7-12(10)16-13(11)15-9(2)17/h8H,3-7H2,1-2H3,(H,15,16,17). The average Bonchev–Trinajstić information content (AvgIpc) is 2.37. The number of aromatic nitrogens is 1. The molecule has 0 bridgehead atoms. The van der Waals surface area contributed by atoms with Crippen LogP contribution in [0.1, 0.15) is 48.3 Å². The van der Waals surface area contributed by atoms with Crippen molar-refractivity contribution in [2.24, 2.45) is 0 Å². The lowest BCUT2D eigenvalue weighted by molar-refractivity contribution is -0.114.